The van der Waals surface area contributed by atoms with Crippen LogP contribution in [0.2, 0.25) is 0 Å². The highest BCUT2D eigenvalue weighted by Gasteiger charge is 2.36. The Labute approximate surface area is 191 Å². The van der Waals surface area contributed by atoms with Crippen LogP contribution in [0.25, 0.3) is 0 Å². The van der Waals surface area contributed by atoms with Gasteiger partial charge in [-0.3, -0.25) is 4.79 Å². The van der Waals surface area contributed by atoms with Crippen LogP contribution < -0.4 is 5.32 Å². The van der Waals surface area contributed by atoms with Crippen molar-refractivity contribution in [2.75, 3.05) is 26.8 Å². The maximum absolute atomic E-state index is 14.6. The van der Waals surface area contributed by atoms with Gasteiger partial charge in [0.1, 0.15) is 12.4 Å². The van der Waals surface area contributed by atoms with Crippen molar-refractivity contribution >= 4 is 29.0 Å². The van der Waals surface area contributed by atoms with Gasteiger partial charge in [0.2, 0.25) is 0 Å². The topological polar surface area (TPSA) is 74.2 Å². The molecule has 1 atom stereocenters. The lowest BCUT2D eigenvalue weighted by Gasteiger charge is -2.30. The molecule has 1 N–H and O–H groups in total. The average molecular weight is 461 g/mol. The highest BCUT2D eigenvalue weighted by Crippen LogP contribution is 2.35. The summed E-state index contributed by atoms with van der Waals surface area (Å²) >= 11 is 1.52. The van der Waals surface area contributed by atoms with E-state index in [4.69, 9.17) is 4.74 Å². The first-order valence-electron chi connectivity index (χ1n) is 10.4. The second-order valence-corrected chi connectivity index (χ2v) is 9.55. The molecule has 3 amide bonds. The van der Waals surface area contributed by atoms with Gasteiger partial charge >= 0.3 is 6.03 Å². The van der Waals surface area contributed by atoms with Crippen LogP contribution in [-0.4, -0.2) is 59.9 Å². The molecule has 32 heavy (non-hydrogen) atoms. The number of hydrazone groups is 1. The minimum atomic E-state index is -0.573. The van der Waals surface area contributed by atoms with Gasteiger partial charge in [-0.05, 0) is 38.3 Å². The van der Waals surface area contributed by atoms with Crippen LogP contribution in [-0.2, 0) is 9.53 Å². The second kappa shape index (κ2) is 10.2. The van der Waals surface area contributed by atoms with E-state index in [0.717, 1.165) is 10.6 Å². The van der Waals surface area contributed by atoms with Crippen LogP contribution in [0.5, 0.6) is 0 Å². The SMILES string of the molecule is COCCN(CC(=O)N1N=C(c2cccs2)C[C@@H]1c1ccccc1F)C(=O)NC(C)(C)C. The van der Waals surface area contributed by atoms with Gasteiger partial charge in [0.05, 0.1) is 23.2 Å². The smallest absolute Gasteiger partial charge is 0.318 e. The van der Waals surface area contributed by atoms with Crippen LogP contribution >= 0.6 is 11.3 Å². The largest absolute Gasteiger partial charge is 0.383 e. The number of rotatable bonds is 7. The fourth-order valence-electron chi connectivity index (χ4n) is 3.41. The molecule has 1 aliphatic rings. The first-order chi connectivity index (χ1) is 15.2. The van der Waals surface area contributed by atoms with Crippen molar-refractivity contribution in [1.82, 2.24) is 15.2 Å². The van der Waals surface area contributed by atoms with Crippen LogP contribution in [0.15, 0.2) is 46.9 Å². The number of methoxy groups -OCH3 is 1. The zero-order valence-corrected chi connectivity index (χ0v) is 19.6. The standard InChI is InChI=1S/C23H29FN4O3S/c1-23(2,3)25-22(30)27(11-12-31-4)15-21(29)28-19(16-8-5-6-9-17(16)24)14-18(26-28)20-10-7-13-32-20/h5-10,13,19H,11-12,14-15H2,1-4H3,(H,25,30)/t19-/m1/s1. The van der Waals surface area contributed by atoms with E-state index in [2.05, 4.69) is 10.4 Å². The van der Waals surface area contributed by atoms with E-state index in [9.17, 15) is 14.0 Å². The molecule has 172 valence electrons. The van der Waals surface area contributed by atoms with Crippen molar-refractivity contribution < 1.29 is 18.7 Å². The number of benzene rings is 1. The number of amides is 3. The van der Waals surface area contributed by atoms with Crippen molar-refractivity contribution in [3.63, 3.8) is 0 Å². The van der Waals surface area contributed by atoms with Gasteiger partial charge in [-0.1, -0.05) is 24.3 Å². The lowest BCUT2D eigenvalue weighted by atomic mass is 10.0. The minimum Gasteiger partial charge on any atom is -0.383 e. The lowest BCUT2D eigenvalue weighted by molar-refractivity contribution is -0.133. The third-order valence-corrected chi connectivity index (χ3v) is 5.82. The molecule has 0 bridgehead atoms. The molecule has 0 saturated carbocycles. The zero-order chi connectivity index (χ0) is 23.3. The van der Waals surface area contributed by atoms with Crippen LogP contribution in [0, 0.1) is 5.82 Å². The second-order valence-electron chi connectivity index (χ2n) is 8.60. The van der Waals surface area contributed by atoms with E-state index < -0.39 is 11.6 Å². The normalized spacial score (nSPS) is 16.1. The Morgan fingerprint density at radius 1 is 1.28 bits per heavy atom. The molecule has 9 heteroatoms. The van der Waals surface area contributed by atoms with Crippen molar-refractivity contribution in [3.05, 3.63) is 58.0 Å². The number of nitrogens with zero attached hydrogens (tertiary/aromatic N) is 3. The number of halogens is 1. The summed E-state index contributed by atoms with van der Waals surface area (Å²) in [7, 11) is 1.54. The molecule has 2 heterocycles. The molecular weight excluding hydrogens is 431 g/mol. The number of thiophene rings is 1. The highest BCUT2D eigenvalue weighted by molar-refractivity contribution is 7.12. The van der Waals surface area contributed by atoms with E-state index in [-0.39, 0.29) is 37.5 Å². The molecule has 0 fully saturated rings. The van der Waals surface area contributed by atoms with E-state index in [1.54, 1.807) is 18.2 Å². The van der Waals surface area contributed by atoms with E-state index in [0.29, 0.717) is 12.0 Å². The molecule has 0 radical (unpaired) electrons. The van der Waals surface area contributed by atoms with Gasteiger partial charge in [0.25, 0.3) is 5.91 Å². The number of hydrogen-bond donors (Lipinski definition) is 1. The van der Waals surface area contributed by atoms with Gasteiger partial charge in [0, 0.05) is 31.2 Å². The first-order valence-corrected chi connectivity index (χ1v) is 11.3. The summed E-state index contributed by atoms with van der Waals surface area (Å²) in [4.78, 5) is 28.4. The molecule has 1 aliphatic heterocycles. The average Bonchev–Trinajstić information content (AvgIpc) is 3.39. The van der Waals surface area contributed by atoms with Crippen LogP contribution in [0.3, 0.4) is 0 Å². The summed E-state index contributed by atoms with van der Waals surface area (Å²) < 4.78 is 19.7. The molecule has 0 spiro atoms. The zero-order valence-electron chi connectivity index (χ0n) is 18.8. The van der Waals surface area contributed by atoms with E-state index in [1.807, 2.05) is 38.3 Å². The van der Waals surface area contributed by atoms with Crippen LogP contribution in [0.4, 0.5) is 9.18 Å². The highest BCUT2D eigenvalue weighted by atomic mass is 32.1. The van der Waals surface area contributed by atoms with Gasteiger partial charge in [-0.15, -0.1) is 11.3 Å². The molecule has 0 aliphatic carbocycles. The van der Waals surface area contributed by atoms with Gasteiger partial charge in [-0.2, -0.15) is 5.10 Å². The van der Waals surface area contributed by atoms with Crippen molar-refractivity contribution in [2.45, 2.75) is 38.8 Å². The maximum atomic E-state index is 14.6. The molecule has 1 aromatic carbocycles. The van der Waals surface area contributed by atoms with Gasteiger partial charge in [0.15, 0.2) is 0 Å². The molecule has 0 saturated heterocycles. The summed E-state index contributed by atoms with van der Waals surface area (Å²) in [5.74, 6) is -0.774. The first kappa shape index (κ1) is 23.9. The van der Waals surface area contributed by atoms with Gasteiger partial charge < -0.3 is 15.0 Å². The third-order valence-electron chi connectivity index (χ3n) is 4.90. The summed E-state index contributed by atoms with van der Waals surface area (Å²) in [5, 5.41) is 10.7. The fraction of sp³-hybridized carbons (Fsp3) is 0.435. The molecule has 0 unspecified atom stereocenters. The van der Waals surface area contributed by atoms with Gasteiger partial charge in [-0.25, -0.2) is 14.2 Å². The lowest BCUT2D eigenvalue weighted by Crippen LogP contribution is -2.52. The van der Waals surface area contributed by atoms with E-state index >= 15 is 0 Å². The van der Waals surface area contributed by atoms with Crippen molar-refractivity contribution in [1.29, 1.82) is 0 Å². The van der Waals surface area contributed by atoms with E-state index in [1.165, 1.54) is 34.4 Å². The molecule has 3 rings (SSSR count). The fourth-order valence-corrected chi connectivity index (χ4v) is 4.13. The number of carbonyl (C=O) groups excluding carboxylic acids is 2. The summed E-state index contributed by atoms with van der Waals surface area (Å²) in [5.41, 5.74) is 0.669. The number of carbonyl (C=O) groups is 2. The Hall–Kier alpha value is -2.78. The molecule has 1 aromatic heterocycles. The minimum absolute atomic E-state index is 0.197. The Kier molecular flexibility index (Phi) is 7.63. The number of urea groups is 1. The monoisotopic (exact) mass is 460 g/mol. The molecule has 7 nitrogen and oxygen atoms in total. The van der Waals surface area contributed by atoms with Crippen LogP contribution in [0.1, 0.15) is 43.7 Å². The maximum Gasteiger partial charge on any atom is 0.318 e. The Morgan fingerprint density at radius 3 is 2.66 bits per heavy atom. The third kappa shape index (κ3) is 5.92. The predicted octanol–water partition coefficient (Wildman–Crippen LogP) is 4.02. The Bertz CT molecular complexity index is 972. The summed E-state index contributed by atoms with van der Waals surface area (Å²) in [6.45, 7) is 5.93. The quantitative estimate of drug-likeness (QED) is 0.678. The summed E-state index contributed by atoms with van der Waals surface area (Å²) in [6, 6.07) is 9.30. The number of hydrogen-bond acceptors (Lipinski definition) is 5. The van der Waals surface area contributed by atoms with Crippen molar-refractivity contribution in [3.8, 4) is 0 Å². The molecule has 2 aromatic rings. The Balaban J connectivity index is 1.86. The predicted molar refractivity (Wildman–Crippen MR) is 123 cm³/mol. The molecular formula is C23H29FN4O3S. The summed E-state index contributed by atoms with van der Waals surface area (Å²) in [6.07, 6.45) is 0.402. The number of nitrogens with one attached hydrogen (secondary N) is 1. The Morgan fingerprint density at radius 2 is 2.03 bits per heavy atom. The number of ether oxygens (including phenoxy) is 1. The van der Waals surface area contributed by atoms with Crippen molar-refractivity contribution in [2.24, 2.45) is 5.10 Å².